The number of nitrogens with zero attached hydrogens (tertiary/aromatic N) is 4. The van der Waals surface area contributed by atoms with Gasteiger partial charge < -0.3 is 9.80 Å². The molecular weight excluding hydrogens is 300 g/mol. The first-order valence-electron chi connectivity index (χ1n) is 8.99. The number of likely N-dealkylation sites (tertiary alicyclic amines) is 1. The molecule has 3 heterocycles. The molecule has 2 saturated heterocycles. The Bertz CT molecular complexity index is 656. The lowest BCUT2D eigenvalue weighted by atomic mass is 9.94. The number of amides is 1. The first-order valence-corrected chi connectivity index (χ1v) is 8.99. The Morgan fingerprint density at radius 2 is 2.00 bits per heavy atom. The second-order valence-corrected chi connectivity index (χ2v) is 7.12. The maximum Gasteiger partial charge on any atom is 0.222 e. The third-order valence-electron chi connectivity index (χ3n) is 5.25. The van der Waals surface area contributed by atoms with Crippen LogP contribution in [-0.4, -0.2) is 42.0 Å². The molecule has 1 amide bonds. The second-order valence-electron chi connectivity index (χ2n) is 7.12. The van der Waals surface area contributed by atoms with E-state index < -0.39 is 0 Å². The molecule has 0 radical (unpaired) electrons. The Morgan fingerprint density at radius 3 is 2.67 bits per heavy atom. The van der Waals surface area contributed by atoms with Gasteiger partial charge in [-0.25, -0.2) is 4.98 Å². The lowest BCUT2D eigenvalue weighted by Crippen LogP contribution is -2.43. The third-order valence-corrected chi connectivity index (χ3v) is 5.25. The fourth-order valence-electron chi connectivity index (χ4n) is 3.88. The van der Waals surface area contributed by atoms with Crippen LogP contribution in [0.15, 0.2) is 6.07 Å². The Morgan fingerprint density at radius 1 is 1.25 bits per heavy atom. The van der Waals surface area contributed by atoms with Crippen molar-refractivity contribution in [3.8, 4) is 6.07 Å². The average molecular weight is 326 g/mol. The molecule has 0 spiro atoms. The zero-order valence-corrected chi connectivity index (χ0v) is 14.7. The fourth-order valence-corrected chi connectivity index (χ4v) is 3.88. The van der Waals surface area contributed by atoms with E-state index in [-0.39, 0.29) is 0 Å². The smallest absolute Gasteiger partial charge is 0.222 e. The van der Waals surface area contributed by atoms with Gasteiger partial charge in [0.05, 0.1) is 5.56 Å². The standard InChI is InChI=1S/C19H26N4O/c1-14-11-15(2)21-19(17(14)12-20)22-9-6-16(7-10-22)13-23-8-4-3-5-18(23)24/h11,16H,3-10,13H2,1-2H3. The van der Waals surface area contributed by atoms with Crippen LogP contribution in [-0.2, 0) is 4.79 Å². The summed E-state index contributed by atoms with van der Waals surface area (Å²) in [7, 11) is 0. The summed E-state index contributed by atoms with van der Waals surface area (Å²) in [6.45, 7) is 7.61. The Hall–Kier alpha value is -2.09. The molecule has 0 N–H and O–H groups in total. The third kappa shape index (κ3) is 3.53. The van der Waals surface area contributed by atoms with E-state index in [1.54, 1.807) is 0 Å². The number of piperidine rings is 2. The molecular formula is C19H26N4O. The fraction of sp³-hybridized carbons (Fsp3) is 0.632. The van der Waals surface area contributed by atoms with E-state index in [0.717, 1.165) is 75.4 Å². The number of carbonyl (C=O) groups excluding carboxylic acids is 1. The number of hydrogen-bond acceptors (Lipinski definition) is 4. The normalized spacial score (nSPS) is 19.5. The summed E-state index contributed by atoms with van der Waals surface area (Å²) < 4.78 is 0. The van der Waals surface area contributed by atoms with E-state index in [4.69, 9.17) is 0 Å². The average Bonchev–Trinajstić information content (AvgIpc) is 2.57. The SMILES string of the molecule is Cc1cc(C)c(C#N)c(N2CCC(CN3CCCCC3=O)CC2)n1. The molecule has 0 aliphatic carbocycles. The van der Waals surface area contributed by atoms with E-state index in [9.17, 15) is 10.1 Å². The minimum Gasteiger partial charge on any atom is -0.355 e. The summed E-state index contributed by atoms with van der Waals surface area (Å²) in [6.07, 6.45) is 5.02. The maximum absolute atomic E-state index is 12.0. The summed E-state index contributed by atoms with van der Waals surface area (Å²) in [5, 5.41) is 9.46. The van der Waals surface area contributed by atoms with Gasteiger partial charge in [-0.3, -0.25) is 4.79 Å². The molecule has 1 aromatic rings. The van der Waals surface area contributed by atoms with Crippen molar-refractivity contribution in [1.29, 1.82) is 5.26 Å². The van der Waals surface area contributed by atoms with Gasteiger partial charge in [0.25, 0.3) is 0 Å². The van der Waals surface area contributed by atoms with Gasteiger partial charge >= 0.3 is 0 Å². The zero-order chi connectivity index (χ0) is 17.1. The first kappa shape index (κ1) is 16.8. The minimum absolute atomic E-state index is 0.325. The second kappa shape index (κ2) is 7.21. The van der Waals surface area contributed by atoms with E-state index in [1.807, 2.05) is 19.9 Å². The topological polar surface area (TPSA) is 60.2 Å². The molecule has 1 aromatic heterocycles. The van der Waals surface area contributed by atoms with Crippen molar-refractivity contribution >= 4 is 11.7 Å². The summed E-state index contributed by atoms with van der Waals surface area (Å²) in [5.74, 6) is 1.73. The highest BCUT2D eigenvalue weighted by Crippen LogP contribution is 2.27. The molecule has 3 rings (SSSR count). The molecule has 5 nitrogen and oxygen atoms in total. The molecule has 2 aliphatic heterocycles. The van der Waals surface area contributed by atoms with Crippen molar-refractivity contribution in [3.05, 3.63) is 22.9 Å². The Kier molecular flexibility index (Phi) is 5.03. The van der Waals surface area contributed by atoms with E-state index in [1.165, 1.54) is 0 Å². The molecule has 2 aliphatic rings. The molecule has 5 heteroatoms. The molecule has 24 heavy (non-hydrogen) atoms. The molecule has 0 bridgehead atoms. The summed E-state index contributed by atoms with van der Waals surface area (Å²) in [6, 6.07) is 4.28. The predicted molar refractivity (Wildman–Crippen MR) is 93.8 cm³/mol. The van der Waals surface area contributed by atoms with Crippen LogP contribution in [0.25, 0.3) is 0 Å². The Balaban J connectivity index is 1.63. The highest BCUT2D eigenvalue weighted by Gasteiger charge is 2.26. The van der Waals surface area contributed by atoms with Gasteiger partial charge in [0, 0.05) is 38.3 Å². The van der Waals surface area contributed by atoms with Crippen LogP contribution in [0.4, 0.5) is 5.82 Å². The van der Waals surface area contributed by atoms with E-state index in [0.29, 0.717) is 17.4 Å². The number of aryl methyl sites for hydroxylation is 2. The van der Waals surface area contributed by atoms with Crippen molar-refractivity contribution in [3.63, 3.8) is 0 Å². The molecule has 0 aromatic carbocycles. The predicted octanol–water partition coefficient (Wildman–Crippen LogP) is 2.80. The van der Waals surface area contributed by atoms with Crippen LogP contribution in [0.3, 0.4) is 0 Å². The molecule has 2 fully saturated rings. The first-order chi connectivity index (χ1) is 11.6. The van der Waals surface area contributed by atoms with Crippen molar-refractivity contribution in [2.75, 3.05) is 31.1 Å². The van der Waals surface area contributed by atoms with Gasteiger partial charge in [-0.05, 0) is 57.1 Å². The number of pyridine rings is 1. The summed E-state index contributed by atoms with van der Waals surface area (Å²) in [5.41, 5.74) is 2.66. The maximum atomic E-state index is 12.0. The number of rotatable bonds is 3. The number of aromatic nitrogens is 1. The largest absolute Gasteiger partial charge is 0.355 e. The van der Waals surface area contributed by atoms with E-state index in [2.05, 4.69) is 20.9 Å². The molecule has 128 valence electrons. The van der Waals surface area contributed by atoms with Gasteiger partial charge in [0.2, 0.25) is 5.91 Å². The van der Waals surface area contributed by atoms with Gasteiger partial charge in [-0.1, -0.05) is 0 Å². The molecule has 0 atom stereocenters. The summed E-state index contributed by atoms with van der Waals surface area (Å²) in [4.78, 5) is 20.9. The monoisotopic (exact) mass is 326 g/mol. The number of nitriles is 1. The summed E-state index contributed by atoms with van der Waals surface area (Å²) >= 11 is 0. The minimum atomic E-state index is 0.325. The highest BCUT2D eigenvalue weighted by atomic mass is 16.2. The Labute approximate surface area is 144 Å². The van der Waals surface area contributed by atoms with Crippen LogP contribution in [0.1, 0.15) is 48.9 Å². The number of carbonyl (C=O) groups is 1. The van der Waals surface area contributed by atoms with Crippen LogP contribution in [0.5, 0.6) is 0 Å². The van der Waals surface area contributed by atoms with Crippen molar-refractivity contribution in [2.45, 2.75) is 46.0 Å². The van der Waals surface area contributed by atoms with Crippen molar-refractivity contribution in [2.24, 2.45) is 5.92 Å². The number of anilines is 1. The zero-order valence-electron chi connectivity index (χ0n) is 14.7. The van der Waals surface area contributed by atoms with Crippen LogP contribution in [0, 0.1) is 31.1 Å². The highest BCUT2D eigenvalue weighted by molar-refractivity contribution is 5.76. The van der Waals surface area contributed by atoms with Gasteiger partial charge in [0.1, 0.15) is 11.9 Å². The lowest BCUT2D eigenvalue weighted by Gasteiger charge is -2.37. The van der Waals surface area contributed by atoms with Crippen LogP contribution in [0.2, 0.25) is 0 Å². The van der Waals surface area contributed by atoms with Crippen LogP contribution >= 0.6 is 0 Å². The van der Waals surface area contributed by atoms with E-state index >= 15 is 0 Å². The van der Waals surface area contributed by atoms with Crippen molar-refractivity contribution < 1.29 is 4.79 Å². The van der Waals surface area contributed by atoms with Gasteiger partial charge in [-0.2, -0.15) is 5.26 Å². The van der Waals surface area contributed by atoms with Gasteiger partial charge in [-0.15, -0.1) is 0 Å². The van der Waals surface area contributed by atoms with Gasteiger partial charge in [0.15, 0.2) is 0 Å². The number of hydrogen-bond donors (Lipinski definition) is 0. The molecule has 0 unspecified atom stereocenters. The van der Waals surface area contributed by atoms with Crippen molar-refractivity contribution in [1.82, 2.24) is 9.88 Å². The molecule has 0 saturated carbocycles. The lowest BCUT2D eigenvalue weighted by molar-refractivity contribution is -0.134. The van der Waals surface area contributed by atoms with Crippen LogP contribution < -0.4 is 4.90 Å². The quantitative estimate of drug-likeness (QED) is 0.857.